The summed E-state index contributed by atoms with van der Waals surface area (Å²) in [5, 5.41) is 6.61. The summed E-state index contributed by atoms with van der Waals surface area (Å²) < 4.78 is 1.11. The van der Waals surface area contributed by atoms with Gasteiger partial charge in [0.1, 0.15) is 0 Å². The Kier molecular flexibility index (Phi) is 5.47. The number of carbonyl (C=O) groups excluding carboxylic acids is 1. The molecule has 1 aliphatic carbocycles. The number of hydrogen-bond acceptors (Lipinski definition) is 3. The molecule has 2 aliphatic rings. The lowest BCUT2D eigenvalue weighted by molar-refractivity contribution is -0.121. The summed E-state index contributed by atoms with van der Waals surface area (Å²) in [4.78, 5) is 12.2. The molecule has 120 valence electrons. The van der Waals surface area contributed by atoms with Crippen LogP contribution in [0.15, 0.2) is 28.7 Å². The number of benzene rings is 1. The summed E-state index contributed by atoms with van der Waals surface area (Å²) in [5.41, 5.74) is 1.51. The number of carbonyl (C=O) groups is 1. The predicted octanol–water partition coefficient (Wildman–Crippen LogP) is 3.08. The molecule has 0 spiro atoms. The van der Waals surface area contributed by atoms with Crippen LogP contribution in [0.3, 0.4) is 0 Å². The maximum Gasteiger partial charge on any atom is 0.221 e. The van der Waals surface area contributed by atoms with Crippen molar-refractivity contribution in [3.8, 4) is 0 Å². The van der Waals surface area contributed by atoms with Crippen LogP contribution in [0.25, 0.3) is 0 Å². The molecule has 1 amide bonds. The molecule has 22 heavy (non-hydrogen) atoms. The van der Waals surface area contributed by atoms with E-state index in [2.05, 4.69) is 50.8 Å². The molecule has 1 heterocycles. The van der Waals surface area contributed by atoms with Gasteiger partial charge in [-0.05, 0) is 30.5 Å². The Bertz CT molecular complexity index is 510. The molecule has 1 aliphatic heterocycles. The Labute approximate surface area is 145 Å². The minimum atomic E-state index is 0.158. The van der Waals surface area contributed by atoms with E-state index in [9.17, 15) is 4.79 Å². The Morgan fingerprint density at radius 2 is 2.14 bits per heavy atom. The van der Waals surface area contributed by atoms with Crippen LogP contribution < -0.4 is 10.6 Å². The first-order chi connectivity index (χ1) is 10.7. The van der Waals surface area contributed by atoms with Gasteiger partial charge in [0.25, 0.3) is 0 Å². The fourth-order valence-corrected chi connectivity index (χ4v) is 4.50. The highest BCUT2D eigenvalue weighted by atomic mass is 79.9. The van der Waals surface area contributed by atoms with E-state index < -0.39 is 0 Å². The van der Waals surface area contributed by atoms with Gasteiger partial charge in [-0.3, -0.25) is 4.79 Å². The molecule has 1 saturated heterocycles. The minimum absolute atomic E-state index is 0.158. The van der Waals surface area contributed by atoms with Crippen molar-refractivity contribution in [3.63, 3.8) is 0 Å². The fraction of sp³-hybridized carbons (Fsp3) is 0.588. The van der Waals surface area contributed by atoms with Gasteiger partial charge in [-0.25, -0.2) is 0 Å². The monoisotopic (exact) mass is 382 g/mol. The summed E-state index contributed by atoms with van der Waals surface area (Å²) >= 11 is 5.43. The molecule has 2 fully saturated rings. The average molecular weight is 383 g/mol. The SMILES string of the molecule is O=C(CC1CSCCN1)NCC1(c2ccc(Br)cc2)CCC1. The van der Waals surface area contributed by atoms with Gasteiger partial charge in [0.2, 0.25) is 5.91 Å². The summed E-state index contributed by atoms with van der Waals surface area (Å²) in [7, 11) is 0. The number of amides is 1. The summed E-state index contributed by atoms with van der Waals surface area (Å²) in [6, 6.07) is 8.91. The third-order valence-electron chi connectivity index (χ3n) is 4.82. The smallest absolute Gasteiger partial charge is 0.221 e. The van der Waals surface area contributed by atoms with Crippen molar-refractivity contribution in [1.82, 2.24) is 10.6 Å². The molecular weight excluding hydrogens is 360 g/mol. The van der Waals surface area contributed by atoms with E-state index in [1.165, 1.54) is 24.8 Å². The third-order valence-corrected chi connectivity index (χ3v) is 6.48. The molecule has 5 heteroatoms. The molecule has 0 aromatic heterocycles. The first-order valence-electron chi connectivity index (χ1n) is 8.02. The molecule has 3 rings (SSSR count). The van der Waals surface area contributed by atoms with Crippen molar-refractivity contribution in [2.45, 2.75) is 37.1 Å². The fourth-order valence-electron chi connectivity index (χ4n) is 3.29. The lowest BCUT2D eigenvalue weighted by Crippen LogP contribution is -2.47. The largest absolute Gasteiger partial charge is 0.355 e. The van der Waals surface area contributed by atoms with E-state index in [1.54, 1.807) is 0 Å². The van der Waals surface area contributed by atoms with Crippen LogP contribution in [0, 0.1) is 0 Å². The second kappa shape index (κ2) is 7.37. The van der Waals surface area contributed by atoms with E-state index in [0.29, 0.717) is 12.5 Å². The first-order valence-corrected chi connectivity index (χ1v) is 9.97. The van der Waals surface area contributed by atoms with Gasteiger partial charge in [0.05, 0.1) is 0 Å². The normalized spacial score (nSPS) is 23.6. The van der Waals surface area contributed by atoms with Crippen molar-refractivity contribution in [1.29, 1.82) is 0 Å². The van der Waals surface area contributed by atoms with E-state index in [1.807, 2.05) is 11.8 Å². The van der Waals surface area contributed by atoms with Crippen LogP contribution >= 0.6 is 27.7 Å². The molecule has 3 nitrogen and oxygen atoms in total. The number of halogens is 1. The van der Waals surface area contributed by atoms with E-state index in [4.69, 9.17) is 0 Å². The first kappa shape index (κ1) is 16.3. The predicted molar refractivity (Wildman–Crippen MR) is 96.4 cm³/mol. The lowest BCUT2D eigenvalue weighted by Gasteiger charge is -2.42. The highest BCUT2D eigenvalue weighted by molar-refractivity contribution is 9.10. The van der Waals surface area contributed by atoms with E-state index in [-0.39, 0.29) is 11.3 Å². The Morgan fingerprint density at radius 1 is 1.36 bits per heavy atom. The second-order valence-electron chi connectivity index (χ2n) is 6.35. The lowest BCUT2D eigenvalue weighted by atomic mass is 9.64. The van der Waals surface area contributed by atoms with Crippen molar-refractivity contribution in [3.05, 3.63) is 34.3 Å². The van der Waals surface area contributed by atoms with Crippen LogP contribution in [0.1, 0.15) is 31.2 Å². The van der Waals surface area contributed by atoms with Gasteiger partial charge in [-0.15, -0.1) is 0 Å². The summed E-state index contributed by atoms with van der Waals surface area (Å²) in [6.07, 6.45) is 4.20. The summed E-state index contributed by atoms with van der Waals surface area (Å²) in [6.45, 7) is 1.79. The molecule has 1 aromatic carbocycles. The number of nitrogens with one attached hydrogen (secondary N) is 2. The van der Waals surface area contributed by atoms with E-state index >= 15 is 0 Å². The number of thioether (sulfide) groups is 1. The van der Waals surface area contributed by atoms with Gasteiger partial charge in [0.15, 0.2) is 0 Å². The van der Waals surface area contributed by atoms with Crippen LogP contribution in [-0.4, -0.2) is 36.5 Å². The number of hydrogen-bond donors (Lipinski definition) is 2. The van der Waals surface area contributed by atoms with E-state index in [0.717, 1.165) is 29.1 Å². The van der Waals surface area contributed by atoms with Crippen molar-refractivity contribution >= 4 is 33.6 Å². The maximum absolute atomic E-state index is 12.2. The molecule has 0 bridgehead atoms. The zero-order chi connectivity index (χ0) is 15.4. The molecule has 1 saturated carbocycles. The minimum Gasteiger partial charge on any atom is -0.355 e. The second-order valence-corrected chi connectivity index (χ2v) is 8.41. The van der Waals surface area contributed by atoms with Gasteiger partial charge in [-0.1, -0.05) is 34.5 Å². The highest BCUT2D eigenvalue weighted by Gasteiger charge is 2.38. The molecule has 2 N–H and O–H groups in total. The van der Waals surface area contributed by atoms with Gasteiger partial charge >= 0.3 is 0 Å². The van der Waals surface area contributed by atoms with Crippen LogP contribution in [0.2, 0.25) is 0 Å². The molecule has 1 aromatic rings. The molecular formula is C17H23BrN2OS. The topological polar surface area (TPSA) is 41.1 Å². The maximum atomic E-state index is 12.2. The van der Waals surface area contributed by atoms with Crippen molar-refractivity contribution in [2.24, 2.45) is 0 Å². The average Bonchev–Trinajstić information content (AvgIpc) is 2.49. The molecule has 0 radical (unpaired) electrons. The molecule has 1 unspecified atom stereocenters. The van der Waals surface area contributed by atoms with Crippen molar-refractivity contribution in [2.75, 3.05) is 24.6 Å². The Hall–Kier alpha value is -0.520. The molecule has 1 atom stereocenters. The van der Waals surface area contributed by atoms with Gasteiger partial charge in [-0.2, -0.15) is 11.8 Å². The summed E-state index contributed by atoms with van der Waals surface area (Å²) in [5.74, 6) is 2.39. The van der Waals surface area contributed by atoms with Crippen LogP contribution in [-0.2, 0) is 10.2 Å². The van der Waals surface area contributed by atoms with Crippen LogP contribution in [0.5, 0.6) is 0 Å². The standard InChI is InChI=1S/C17H23BrN2OS/c18-14-4-2-13(3-5-14)17(6-1-7-17)12-20-16(21)10-15-11-22-9-8-19-15/h2-5,15,19H,1,6-12H2,(H,20,21). The quantitative estimate of drug-likeness (QED) is 0.821. The van der Waals surface area contributed by atoms with Crippen molar-refractivity contribution < 1.29 is 4.79 Å². The zero-order valence-corrected chi connectivity index (χ0v) is 15.1. The highest BCUT2D eigenvalue weighted by Crippen LogP contribution is 2.43. The van der Waals surface area contributed by atoms with Crippen LogP contribution in [0.4, 0.5) is 0 Å². The Balaban J connectivity index is 1.54. The number of rotatable bonds is 5. The zero-order valence-electron chi connectivity index (χ0n) is 12.7. The third kappa shape index (κ3) is 3.87. The van der Waals surface area contributed by atoms with Gasteiger partial charge in [0, 0.05) is 46.9 Å². The van der Waals surface area contributed by atoms with Gasteiger partial charge < -0.3 is 10.6 Å². The Morgan fingerprint density at radius 3 is 2.73 bits per heavy atom.